The zero-order valence-electron chi connectivity index (χ0n) is 11.2. The fraction of sp³-hybridized carbons (Fsp3) is 0.188. The van der Waals surface area contributed by atoms with Gasteiger partial charge in [0.1, 0.15) is 17.6 Å². The molecule has 0 amide bonds. The van der Waals surface area contributed by atoms with Gasteiger partial charge in [-0.25, -0.2) is 9.97 Å². The number of nitriles is 1. The van der Waals surface area contributed by atoms with E-state index >= 15 is 0 Å². The van der Waals surface area contributed by atoms with Crippen molar-refractivity contribution in [3.63, 3.8) is 0 Å². The third-order valence-electron chi connectivity index (χ3n) is 3.38. The van der Waals surface area contributed by atoms with E-state index in [1.54, 1.807) is 6.20 Å². The molecule has 4 heteroatoms. The van der Waals surface area contributed by atoms with Gasteiger partial charge in [0.25, 0.3) is 0 Å². The van der Waals surface area contributed by atoms with E-state index in [1.807, 2.05) is 30.3 Å². The van der Waals surface area contributed by atoms with Crippen LogP contribution in [0.2, 0.25) is 0 Å². The molecule has 3 rings (SSSR count). The molecule has 0 aliphatic rings. The van der Waals surface area contributed by atoms with Crippen LogP contribution in [0.1, 0.15) is 24.0 Å². The number of nitrogens with zero attached hydrogens (tertiary/aromatic N) is 4. The topological polar surface area (TPSA) is 54.5 Å². The summed E-state index contributed by atoms with van der Waals surface area (Å²) in [7, 11) is 0. The Hall–Kier alpha value is -2.67. The maximum Gasteiger partial charge on any atom is 0.145 e. The molecule has 2 heterocycles. The summed E-state index contributed by atoms with van der Waals surface area (Å²) in [6.45, 7) is 2.71. The van der Waals surface area contributed by atoms with Crippen molar-refractivity contribution in [2.45, 2.75) is 19.9 Å². The quantitative estimate of drug-likeness (QED) is 0.729. The zero-order chi connectivity index (χ0) is 13.9. The highest BCUT2D eigenvalue weighted by atomic mass is 15.1. The Balaban J connectivity index is 2.13. The van der Waals surface area contributed by atoms with Gasteiger partial charge in [0.05, 0.1) is 17.6 Å². The molecule has 0 bridgehead atoms. The number of benzene rings is 1. The van der Waals surface area contributed by atoms with Crippen LogP contribution in [0, 0.1) is 11.3 Å². The lowest BCUT2D eigenvalue weighted by molar-refractivity contribution is 0.748. The molecule has 4 nitrogen and oxygen atoms in total. The van der Waals surface area contributed by atoms with Crippen molar-refractivity contribution in [2.75, 3.05) is 0 Å². The van der Waals surface area contributed by atoms with Gasteiger partial charge < -0.3 is 4.57 Å². The lowest BCUT2D eigenvalue weighted by Gasteiger charge is -2.09. The van der Waals surface area contributed by atoms with E-state index in [2.05, 4.69) is 33.6 Å². The van der Waals surface area contributed by atoms with Crippen molar-refractivity contribution in [1.82, 2.24) is 14.5 Å². The van der Waals surface area contributed by atoms with E-state index in [0.29, 0.717) is 12.2 Å². The van der Waals surface area contributed by atoms with E-state index in [0.717, 1.165) is 28.8 Å². The Morgan fingerprint density at radius 1 is 1.20 bits per heavy atom. The predicted octanol–water partition coefficient (Wildman–Crippen LogP) is 2.91. The van der Waals surface area contributed by atoms with Crippen LogP contribution in [0.3, 0.4) is 0 Å². The molecule has 20 heavy (non-hydrogen) atoms. The summed E-state index contributed by atoms with van der Waals surface area (Å²) >= 11 is 0. The molecule has 98 valence electrons. The number of rotatable bonds is 3. The molecule has 0 aliphatic carbocycles. The first-order valence-corrected chi connectivity index (χ1v) is 6.61. The molecule has 0 saturated heterocycles. The second-order valence-electron chi connectivity index (χ2n) is 4.58. The van der Waals surface area contributed by atoms with Gasteiger partial charge in [-0.05, 0) is 18.2 Å². The van der Waals surface area contributed by atoms with Crippen molar-refractivity contribution in [1.29, 1.82) is 5.26 Å². The van der Waals surface area contributed by atoms with E-state index in [-0.39, 0.29) is 0 Å². The van der Waals surface area contributed by atoms with Crippen molar-refractivity contribution < 1.29 is 0 Å². The van der Waals surface area contributed by atoms with E-state index in [9.17, 15) is 0 Å². The summed E-state index contributed by atoms with van der Waals surface area (Å²) in [5.74, 6) is 1.03. The SMILES string of the molecule is CCc1nc2ccccc2n1Cc1cccnc1C#N. The molecular formula is C16H14N4. The fourth-order valence-electron chi connectivity index (χ4n) is 2.41. The smallest absolute Gasteiger partial charge is 0.145 e. The zero-order valence-corrected chi connectivity index (χ0v) is 11.2. The van der Waals surface area contributed by atoms with Gasteiger partial charge in [0.2, 0.25) is 0 Å². The Labute approximate surface area is 117 Å². The molecule has 0 unspecified atom stereocenters. The second kappa shape index (κ2) is 5.14. The van der Waals surface area contributed by atoms with Gasteiger partial charge in [-0.3, -0.25) is 0 Å². The minimum atomic E-state index is 0.479. The maximum atomic E-state index is 9.15. The Morgan fingerprint density at radius 2 is 2.05 bits per heavy atom. The highest BCUT2D eigenvalue weighted by Crippen LogP contribution is 2.19. The minimum Gasteiger partial charge on any atom is -0.323 e. The molecule has 0 N–H and O–H groups in total. The number of para-hydroxylation sites is 2. The number of imidazole rings is 1. The lowest BCUT2D eigenvalue weighted by Crippen LogP contribution is -2.06. The highest BCUT2D eigenvalue weighted by molar-refractivity contribution is 5.76. The third-order valence-corrected chi connectivity index (χ3v) is 3.38. The Kier molecular flexibility index (Phi) is 3.18. The van der Waals surface area contributed by atoms with E-state index < -0.39 is 0 Å². The average molecular weight is 262 g/mol. The van der Waals surface area contributed by atoms with Gasteiger partial charge in [-0.1, -0.05) is 25.1 Å². The summed E-state index contributed by atoms with van der Waals surface area (Å²) in [5.41, 5.74) is 3.49. The number of pyridine rings is 1. The van der Waals surface area contributed by atoms with Crippen LogP contribution >= 0.6 is 0 Å². The molecule has 0 radical (unpaired) electrons. The highest BCUT2D eigenvalue weighted by Gasteiger charge is 2.11. The Bertz CT molecular complexity index is 796. The molecule has 1 aromatic carbocycles. The number of aryl methyl sites for hydroxylation is 1. The molecule has 0 aliphatic heterocycles. The number of hydrogen-bond acceptors (Lipinski definition) is 3. The number of hydrogen-bond donors (Lipinski definition) is 0. The van der Waals surface area contributed by atoms with Crippen molar-refractivity contribution in [2.24, 2.45) is 0 Å². The third kappa shape index (κ3) is 2.04. The lowest BCUT2D eigenvalue weighted by atomic mass is 10.2. The minimum absolute atomic E-state index is 0.479. The van der Waals surface area contributed by atoms with Crippen molar-refractivity contribution >= 4 is 11.0 Å². The van der Waals surface area contributed by atoms with E-state index in [1.165, 1.54) is 0 Å². The first-order chi connectivity index (χ1) is 9.83. The van der Waals surface area contributed by atoms with Gasteiger partial charge in [0.15, 0.2) is 0 Å². The van der Waals surface area contributed by atoms with Gasteiger partial charge in [0, 0.05) is 18.2 Å². The number of fused-ring (bicyclic) bond motifs is 1. The van der Waals surface area contributed by atoms with Crippen LogP contribution in [0.4, 0.5) is 0 Å². The van der Waals surface area contributed by atoms with Crippen LogP contribution < -0.4 is 0 Å². The summed E-state index contributed by atoms with van der Waals surface area (Å²) in [5, 5.41) is 9.15. The molecule has 3 aromatic rings. The normalized spacial score (nSPS) is 10.6. The van der Waals surface area contributed by atoms with Crippen molar-refractivity contribution in [3.8, 4) is 6.07 Å². The van der Waals surface area contributed by atoms with E-state index in [4.69, 9.17) is 5.26 Å². The molecule has 0 saturated carbocycles. The number of aromatic nitrogens is 3. The van der Waals surface area contributed by atoms with Crippen LogP contribution in [-0.4, -0.2) is 14.5 Å². The van der Waals surface area contributed by atoms with Crippen LogP contribution in [-0.2, 0) is 13.0 Å². The molecular weight excluding hydrogens is 248 g/mol. The van der Waals surface area contributed by atoms with Gasteiger partial charge >= 0.3 is 0 Å². The first kappa shape index (κ1) is 12.4. The predicted molar refractivity (Wildman–Crippen MR) is 77.2 cm³/mol. The largest absolute Gasteiger partial charge is 0.323 e. The first-order valence-electron chi connectivity index (χ1n) is 6.61. The van der Waals surface area contributed by atoms with Crippen molar-refractivity contribution in [3.05, 3.63) is 59.7 Å². The van der Waals surface area contributed by atoms with Crippen LogP contribution in [0.25, 0.3) is 11.0 Å². The average Bonchev–Trinajstić information content (AvgIpc) is 2.86. The molecule has 0 spiro atoms. The van der Waals surface area contributed by atoms with Crippen LogP contribution in [0.15, 0.2) is 42.6 Å². The summed E-state index contributed by atoms with van der Waals surface area (Å²) in [6.07, 6.45) is 2.51. The van der Waals surface area contributed by atoms with Crippen LogP contribution in [0.5, 0.6) is 0 Å². The summed E-state index contributed by atoms with van der Waals surface area (Å²) in [6, 6.07) is 14.0. The Morgan fingerprint density at radius 3 is 2.85 bits per heavy atom. The summed E-state index contributed by atoms with van der Waals surface area (Å²) in [4.78, 5) is 8.76. The molecule has 2 aromatic heterocycles. The van der Waals surface area contributed by atoms with Gasteiger partial charge in [-0.2, -0.15) is 5.26 Å². The van der Waals surface area contributed by atoms with Gasteiger partial charge in [-0.15, -0.1) is 0 Å². The standard InChI is InChI=1S/C16H14N4/c1-2-16-19-13-7-3-4-8-15(13)20(16)11-12-6-5-9-18-14(12)10-17/h3-9H,2,11H2,1H3. The monoisotopic (exact) mass is 262 g/mol. The summed E-state index contributed by atoms with van der Waals surface area (Å²) < 4.78 is 2.16. The molecule has 0 atom stereocenters. The maximum absolute atomic E-state index is 9.15. The fourth-order valence-corrected chi connectivity index (χ4v) is 2.41. The second-order valence-corrected chi connectivity index (χ2v) is 4.58. The molecule has 0 fully saturated rings.